The molecule has 3 N–H and O–H groups in total. The second-order valence-electron chi connectivity index (χ2n) is 8.71. The summed E-state index contributed by atoms with van der Waals surface area (Å²) in [6.45, 7) is 11.5. The highest BCUT2D eigenvalue weighted by Gasteiger charge is 2.17. The van der Waals surface area contributed by atoms with Crippen LogP contribution in [0.2, 0.25) is 0 Å². The first-order chi connectivity index (χ1) is 15.5. The van der Waals surface area contributed by atoms with Crippen LogP contribution in [0.15, 0.2) is 84.9 Å². The fourth-order valence-electron chi connectivity index (χ4n) is 3.92. The topological polar surface area (TPSA) is 39.7 Å². The standard InChI is InChI=1S/C28H35N3O.2ClH/c1-22(2)31(23(3)4)19-20-32-27-17-15-26(16-18-27)30-28(25-13-9-6-10-14-25)29-21-24-11-7-5-8-12-24;;/h5-18,22-23H,19-21H2,1-4H3,(H,29,30);2*1H. The lowest BCUT2D eigenvalue weighted by Gasteiger charge is -2.27. The minimum absolute atomic E-state index is 0. The van der Waals surface area contributed by atoms with E-state index in [2.05, 4.69) is 98.7 Å². The third-order valence-electron chi connectivity index (χ3n) is 5.64. The van der Waals surface area contributed by atoms with E-state index in [0.29, 0.717) is 12.1 Å². The van der Waals surface area contributed by atoms with Crippen LogP contribution in [0.3, 0.4) is 0 Å². The summed E-state index contributed by atoms with van der Waals surface area (Å²) < 4.78 is 6.02. The van der Waals surface area contributed by atoms with E-state index in [1.807, 2.05) is 24.3 Å². The number of amidine groups is 1. The van der Waals surface area contributed by atoms with E-state index < -0.39 is 0 Å². The Balaban J connectivity index is 0.00000289. The van der Waals surface area contributed by atoms with Crippen molar-refractivity contribution in [2.24, 2.45) is 0 Å². The fraction of sp³-hybridized carbons (Fsp3) is 0.321. The summed E-state index contributed by atoms with van der Waals surface area (Å²) in [5, 5.41) is 3.54. The number of quaternary nitrogens is 1. The van der Waals surface area contributed by atoms with Crippen LogP contribution in [0.4, 0.5) is 5.69 Å². The van der Waals surface area contributed by atoms with Crippen molar-refractivity contribution in [1.29, 1.82) is 0 Å². The molecule has 0 saturated carbocycles. The molecule has 0 aromatic heterocycles. The van der Waals surface area contributed by atoms with Gasteiger partial charge in [0.1, 0.15) is 31.1 Å². The number of anilines is 1. The van der Waals surface area contributed by atoms with Crippen molar-refractivity contribution in [2.45, 2.75) is 46.3 Å². The average Bonchev–Trinajstić information content (AvgIpc) is 2.81. The lowest BCUT2D eigenvalue weighted by atomic mass is 10.2. The first kappa shape index (κ1) is 29.5. The Morgan fingerprint density at radius 2 is 1.35 bits per heavy atom. The summed E-state index contributed by atoms with van der Waals surface area (Å²) in [5.74, 6) is 1.89. The summed E-state index contributed by atoms with van der Waals surface area (Å²) in [6.07, 6.45) is 0. The van der Waals surface area contributed by atoms with Gasteiger partial charge in [-0.25, -0.2) is 5.32 Å². The SMILES string of the molecule is CC(C)[NH+](CCOc1ccc(NC(=[NH+]Cc2ccccc2)c2ccccc2)cc1)C(C)C.[Cl-].[Cl-]. The second kappa shape index (κ2) is 15.4. The summed E-state index contributed by atoms with van der Waals surface area (Å²) in [6, 6.07) is 30.2. The molecule has 0 radical (unpaired) electrons. The molecule has 34 heavy (non-hydrogen) atoms. The summed E-state index contributed by atoms with van der Waals surface area (Å²) >= 11 is 0. The predicted molar refractivity (Wildman–Crippen MR) is 133 cm³/mol. The van der Waals surface area contributed by atoms with Crippen molar-refractivity contribution in [3.63, 3.8) is 0 Å². The first-order valence-corrected chi connectivity index (χ1v) is 11.6. The number of benzene rings is 3. The highest BCUT2D eigenvalue weighted by Crippen LogP contribution is 2.16. The fourth-order valence-corrected chi connectivity index (χ4v) is 3.92. The number of ether oxygens (including phenoxy) is 1. The van der Waals surface area contributed by atoms with E-state index in [-0.39, 0.29) is 24.8 Å². The van der Waals surface area contributed by atoms with Gasteiger partial charge in [0.2, 0.25) is 0 Å². The Kier molecular flexibility index (Phi) is 13.4. The zero-order chi connectivity index (χ0) is 22.8. The predicted octanol–water partition coefficient (Wildman–Crippen LogP) is -3.09. The maximum Gasteiger partial charge on any atom is 0.280 e. The largest absolute Gasteiger partial charge is 1.00 e. The molecule has 0 aliphatic carbocycles. The van der Waals surface area contributed by atoms with E-state index in [4.69, 9.17) is 4.74 Å². The maximum absolute atomic E-state index is 6.02. The van der Waals surface area contributed by atoms with Crippen molar-refractivity contribution < 1.29 is 39.4 Å². The third kappa shape index (κ3) is 9.38. The van der Waals surface area contributed by atoms with Gasteiger partial charge in [-0.15, -0.1) is 0 Å². The molecule has 4 nitrogen and oxygen atoms in total. The Bertz CT molecular complexity index is 954. The molecule has 184 valence electrons. The highest BCUT2D eigenvalue weighted by atomic mass is 35.5. The van der Waals surface area contributed by atoms with Gasteiger partial charge in [0, 0.05) is 0 Å². The molecular formula is C28H37Cl2N3O. The van der Waals surface area contributed by atoms with Crippen LogP contribution in [0.5, 0.6) is 5.75 Å². The molecule has 0 unspecified atom stereocenters. The third-order valence-corrected chi connectivity index (χ3v) is 5.64. The van der Waals surface area contributed by atoms with E-state index >= 15 is 0 Å². The number of halogens is 2. The van der Waals surface area contributed by atoms with Gasteiger partial charge >= 0.3 is 0 Å². The smallest absolute Gasteiger partial charge is 0.280 e. The lowest BCUT2D eigenvalue weighted by Crippen LogP contribution is -3.18. The van der Waals surface area contributed by atoms with Gasteiger partial charge in [0.25, 0.3) is 5.84 Å². The number of nitrogens with one attached hydrogen (secondary N) is 3. The lowest BCUT2D eigenvalue weighted by molar-refractivity contribution is -0.942. The first-order valence-electron chi connectivity index (χ1n) is 11.6. The molecule has 0 aliphatic rings. The number of rotatable bonds is 10. The van der Waals surface area contributed by atoms with Gasteiger partial charge in [0.15, 0.2) is 0 Å². The molecule has 0 amide bonds. The molecule has 3 aromatic carbocycles. The molecule has 0 fully saturated rings. The van der Waals surface area contributed by atoms with E-state index in [1.165, 1.54) is 5.56 Å². The Morgan fingerprint density at radius 3 is 1.91 bits per heavy atom. The van der Waals surface area contributed by atoms with Crippen molar-refractivity contribution in [3.05, 3.63) is 96.1 Å². The van der Waals surface area contributed by atoms with Crippen LogP contribution in [-0.2, 0) is 6.54 Å². The zero-order valence-corrected chi connectivity index (χ0v) is 22.0. The quantitative estimate of drug-likeness (QED) is 0.203. The Labute approximate surface area is 217 Å². The van der Waals surface area contributed by atoms with Crippen LogP contribution in [0.1, 0.15) is 38.8 Å². The average molecular weight is 503 g/mol. The monoisotopic (exact) mass is 501 g/mol. The molecule has 3 rings (SSSR count). The van der Waals surface area contributed by atoms with E-state index in [0.717, 1.165) is 42.5 Å². The second-order valence-corrected chi connectivity index (χ2v) is 8.71. The Morgan fingerprint density at radius 1 is 0.794 bits per heavy atom. The minimum Gasteiger partial charge on any atom is -1.00 e. The van der Waals surface area contributed by atoms with Crippen molar-refractivity contribution in [2.75, 3.05) is 18.5 Å². The van der Waals surface area contributed by atoms with Gasteiger partial charge in [0.05, 0.1) is 17.6 Å². The van der Waals surface area contributed by atoms with E-state index in [1.54, 1.807) is 4.90 Å². The number of hydrogen-bond acceptors (Lipinski definition) is 1. The van der Waals surface area contributed by atoms with Crippen molar-refractivity contribution >= 4 is 11.5 Å². The molecule has 0 bridgehead atoms. The normalized spacial score (nSPS) is 11.2. The molecule has 6 heteroatoms. The van der Waals surface area contributed by atoms with Gasteiger partial charge in [-0.3, -0.25) is 4.99 Å². The van der Waals surface area contributed by atoms with Gasteiger partial charge < -0.3 is 34.5 Å². The molecule has 0 aliphatic heterocycles. The van der Waals surface area contributed by atoms with E-state index in [9.17, 15) is 0 Å². The summed E-state index contributed by atoms with van der Waals surface area (Å²) in [7, 11) is 0. The molecule has 3 aromatic rings. The summed E-state index contributed by atoms with van der Waals surface area (Å²) in [5.41, 5.74) is 3.38. The zero-order valence-electron chi connectivity index (χ0n) is 20.5. The van der Waals surface area contributed by atoms with Gasteiger partial charge in [-0.1, -0.05) is 48.5 Å². The number of hydrogen-bond donors (Lipinski definition) is 3. The molecule has 0 spiro atoms. The van der Waals surface area contributed by atoms with Gasteiger partial charge in [-0.2, -0.15) is 0 Å². The Hall–Kier alpha value is -2.53. The van der Waals surface area contributed by atoms with Crippen LogP contribution in [0, 0.1) is 0 Å². The maximum atomic E-state index is 6.02. The highest BCUT2D eigenvalue weighted by molar-refractivity contribution is 6.04. The van der Waals surface area contributed by atoms with Crippen LogP contribution in [-0.4, -0.2) is 31.1 Å². The van der Waals surface area contributed by atoms with Crippen molar-refractivity contribution in [3.8, 4) is 5.75 Å². The van der Waals surface area contributed by atoms with Crippen LogP contribution < -0.4 is 44.8 Å². The van der Waals surface area contributed by atoms with Crippen LogP contribution in [0.25, 0.3) is 0 Å². The van der Waals surface area contributed by atoms with Crippen molar-refractivity contribution in [1.82, 2.24) is 0 Å². The van der Waals surface area contributed by atoms with Crippen LogP contribution >= 0.6 is 0 Å². The minimum atomic E-state index is 0. The van der Waals surface area contributed by atoms with Gasteiger partial charge in [-0.05, 0) is 69.7 Å². The molecule has 0 heterocycles. The molecule has 0 atom stereocenters. The molecule has 0 saturated heterocycles. The summed E-state index contributed by atoms with van der Waals surface area (Å²) in [4.78, 5) is 5.12. The molecular weight excluding hydrogens is 465 g/mol.